The second-order valence-electron chi connectivity index (χ2n) is 8.31. The normalized spacial score (nSPS) is 14.4. The second-order valence-corrected chi connectivity index (χ2v) is 10.4. The number of rotatable bonds is 12. The van der Waals surface area contributed by atoms with Crippen molar-refractivity contribution in [3.63, 3.8) is 0 Å². The van der Waals surface area contributed by atoms with Gasteiger partial charge in [-0.05, 0) is 67.3 Å². The Morgan fingerprint density at radius 2 is 1.78 bits per heavy atom. The Morgan fingerprint density at radius 1 is 1.06 bits per heavy atom. The average molecular weight is 545 g/mol. The number of nitrogens with one attached hydrogen (secondary N) is 1. The fourth-order valence-electron chi connectivity index (χ4n) is 3.44. The lowest BCUT2D eigenvalue weighted by molar-refractivity contribution is -0.122. The van der Waals surface area contributed by atoms with Crippen LogP contribution in [0.5, 0.6) is 0 Å². The topological polar surface area (TPSA) is 75.7 Å². The molecule has 0 unspecified atom stereocenters. The Hall–Kier alpha value is -2.68. The maximum atomic E-state index is 12.7. The molecule has 2 amide bonds. The molecule has 3 rings (SSSR count). The summed E-state index contributed by atoms with van der Waals surface area (Å²) in [7, 11) is 0. The fraction of sp³-hybridized carbons (Fsp3) is 0.333. The van der Waals surface area contributed by atoms with E-state index in [1.807, 2.05) is 25.1 Å². The molecule has 9 heteroatoms. The van der Waals surface area contributed by atoms with E-state index in [9.17, 15) is 14.4 Å². The molecule has 0 aliphatic carbocycles. The quantitative estimate of drug-likeness (QED) is 0.139. The molecular formula is C27H29ClN2O4S2. The highest BCUT2D eigenvalue weighted by molar-refractivity contribution is 8.26. The van der Waals surface area contributed by atoms with Crippen LogP contribution in [-0.2, 0) is 14.3 Å². The average Bonchev–Trinajstić information content (AvgIpc) is 3.13. The molecule has 0 aromatic heterocycles. The lowest BCUT2D eigenvalue weighted by Crippen LogP contribution is -2.29. The SMILES string of the molecule is CCCCOC(=O)c1ccc(NC(=O)CCCCCN2C(=O)/C(=C\c3ccc(Cl)cc3)SC2=S)cc1. The van der Waals surface area contributed by atoms with Crippen molar-refractivity contribution in [1.29, 1.82) is 0 Å². The number of carbonyl (C=O) groups is 3. The van der Waals surface area contributed by atoms with Gasteiger partial charge in [-0.15, -0.1) is 0 Å². The summed E-state index contributed by atoms with van der Waals surface area (Å²) in [6.07, 6.45) is 6.24. The van der Waals surface area contributed by atoms with E-state index in [0.29, 0.717) is 51.5 Å². The summed E-state index contributed by atoms with van der Waals surface area (Å²) in [5.41, 5.74) is 1.99. The Bertz CT molecular complexity index is 1120. The third kappa shape index (κ3) is 8.47. The van der Waals surface area contributed by atoms with Crippen LogP contribution >= 0.6 is 35.6 Å². The summed E-state index contributed by atoms with van der Waals surface area (Å²) in [5, 5.41) is 3.49. The molecule has 6 nitrogen and oxygen atoms in total. The first-order chi connectivity index (χ1) is 17.4. The van der Waals surface area contributed by atoms with Gasteiger partial charge in [0.05, 0.1) is 17.1 Å². The minimum absolute atomic E-state index is 0.0876. The van der Waals surface area contributed by atoms with Gasteiger partial charge < -0.3 is 10.1 Å². The molecule has 0 saturated carbocycles. The number of unbranched alkanes of at least 4 members (excludes halogenated alkanes) is 3. The van der Waals surface area contributed by atoms with Gasteiger partial charge in [0.25, 0.3) is 5.91 Å². The highest BCUT2D eigenvalue weighted by atomic mass is 35.5. The van der Waals surface area contributed by atoms with Crippen molar-refractivity contribution < 1.29 is 19.1 Å². The number of thiocarbonyl (C=S) groups is 1. The third-order valence-corrected chi connectivity index (χ3v) is 7.09. The van der Waals surface area contributed by atoms with Crippen LogP contribution in [0.4, 0.5) is 5.69 Å². The summed E-state index contributed by atoms with van der Waals surface area (Å²) in [5.74, 6) is -0.538. The standard InChI is InChI=1S/C27H29ClN2O4S2/c1-2-3-17-34-26(33)20-10-14-22(15-11-20)29-24(31)7-5-4-6-16-30-25(32)23(36-27(30)35)18-19-8-12-21(28)13-9-19/h8-15,18H,2-7,16-17H2,1H3,(H,29,31)/b23-18+. The van der Waals surface area contributed by atoms with E-state index in [0.717, 1.165) is 31.2 Å². The molecule has 0 atom stereocenters. The molecule has 1 aliphatic rings. The molecule has 1 saturated heterocycles. The first kappa shape index (κ1) is 27.9. The van der Waals surface area contributed by atoms with Gasteiger partial charge in [-0.25, -0.2) is 4.79 Å². The summed E-state index contributed by atoms with van der Waals surface area (Å²) in [4.78, 5) is 39.2. The molecular weight excluding hydrogens is 516 g/mol. The van der Waals surface area contributed by atoms with E-state index < -0.39 is 0 Å². The number of hydrogen-bond acceptors (Lipinski definition) is 6. The lowest BCUT2D eigenvalue weighted by Gasteiger charge is -2.14. The van der Waals surface area contributed by atoms with Gasteiger partial charge in [-0.2, -0.15) is 0 Å². The molecule has 2 aromatic carbocycles. The number of halogens is 1. The largest absolute Gasteiger partial charge is 0.462 e. The Morgan fingerprint density at radius 3 is 2.47 bits per heavy atom. The third-order valence-electron chi connectivity index (χ3n) is 5.46. The number of esters is 1. The van der Waals surface area contributed by atoms with Crippen molar-refractivity contribution in [2.75, 3.05) is 18.5 Å². The Balaban J connectivity index is 1.36. The Labute approximate surface area is 226 Å². The first-order valence-electron chi connectivity index (χ1n) is 12.0. The van der Waals surface area contributed by atoms with Crippen LogP contribution < -0.4 is 5.32 Å². The predicted octanol–water partition coefficient (Wildman–Crippen LogP) is 6.70. The summed E-state index contributed by atoms with van der Waals surface area (Å²) in [6, 6.07) is 14.0. The van der Waals surface area contributed by atoms with Gasteiger partial charge in [0.15, 0.2) is 0 Å². The number of benzene rings is 2. The van der Waals surface area contributed by atoms with Crippen LogP contribution in [0.1, 0.15) is 61.4 Å². The molecule has 36 heavy (non-hydrogen) atoms. The van der Waals surface area contributed by atoms with Crippen molar-refractivity contribution in [1.82, 2.24) is 4.90 Å². The van der Waals surface area contributed by atoms with Gasteiger partial charge >= 0.3 is 5.97 Å². The second kappa shape index (κ2) is 14.2. The van der Waals surface area contributed by atoms with Gasteiger partial charge in [0, 0.05) is 23.7 Å². The van der Waals surface area contributed by atoms with E-state index >= 15 is 0 Å². The van der Waals surface area contributed by atoms with Crippen molar-refractivity contribution in [3.8, 4) is 0 Å². The van der Waals surface area contributed by atoms with Crippen LogP contribution in [0, 0.1) is 0 Å². The molecule has 1 heterocycles. The van der Waals surface area contributed by atoms with Gasteiger partial charge in [0.1, 0.15) is 4.32 Å². The van der Waals surface area contributed by atoms with Crippen LogP contribution in [0.25, 0.3) is 6.08 Å². The molecule has 1 fully saturated rings. The van der Waals surface area contributed by atoms with Crippen LogP contribution in [-0.4, -0.2) is 40.2 Å². The van der Waals surface area contributed by atoms with E-state index in [-0.39, 0.29) is 17.8 Å². The lowest BCUT2D eigenvalue weighted by atomic mass is 10.1. The van der Waals surface area contributed by atoms with Crippen molar-refractivity contribution in [2.24, 2.45) is 0 Å². The number of nitrogens with zero attached hydrogens (tertiary/aromatic N) is 1. The van der Waals surface area contributed by atoms with E-state index in [1.54, 1.807) is 41.3 Å². The zero-order valence-electron chi connectivity index (χ0n) is 20.1. The number of carbonyl (C=O) groups excluding carboxylic acids is 3. The number of amides is 2. The Kier molecular flexibility index (Phi) is 11.0. The van der Waals surface area contributed by atoms with E-state index in [2.05, 4.69) is 5.32 Å². The van der Waals surface area contributed by atoms with E-state index in [1.165, 1.54) is 11.8 Å². The zero-order chi connectivity index (χ0) is 25.9. The smallest absolute Gasteiger partial charge is 0.338 e. The summed E-state index contributed by atoms with van der Waals surface area (Å²) >= 11 is 12.6. The fourth-order valence-corrected chi connectivity index (χ4v) is 4.88. The van der Waals surface area contributed by atoms with Crippen molar-refractivity contribution in [3.05, 3.63) is 69.6 Å². The number of thioether (sulfide) groups is 1. The van der Waals surface area contributed by atoms with Crippen LogP contribution in [0.2, 0.25) is 5.02 Å². The number of ether oxygens (including phenoxy) is 1. The zero-order valence-corrected chi connectivity index (χ0v) is 22.5. The maximum absolute atomic E-state index is 12.7. The number of anilines is 1. The number of hydrogen-bond donors (Lipinski definition) is 1. The molecule has 2 aromatic rings. The summed E-state index contributed by atoms with van der Waals surface area (Å²) in [6.45, 7) is 2.97. The first-order valence-corrected chi connectivity index (χ1v) is 13.6. The van der Waals surface area contributed by atoms with Gasteiger partial charge in [0.2, 0.25) is 5.91 Å². The summed E-state index contributed by atoms with van der Waals surface area (Å²) < 4.78 is 5.74. The van der Waals surface area contributed by atoms with Gasteiger partial charge in [-0.1, -0.05) is 67.5 Å². The highest BCUT2D eigenvalue weighted by Gasteiger charge is 2.31. The van der Waals surface area contributed by atoms with Gasteiger partial charge in [-0.3, -0.25) is 14.5 Å². The monoisotopic (exact) mass is 544 g/mol. The minimum atomic E-state index is -0.358. The van der Waals surface area contributed by atoms with Crippen LogP contribution in [0.15, 0.2) is 53.4 Å². The van der Waals surface area contributed by atoms with Crippen LogP contribution in [0.3, 0.4) is 0 Å². The molecule has 1 N–H and O–H groups in total. The van der Waals surface area contributed by atoms with Crippen molar-refractivity contribution in [2.45, 2.75) is 45.4 Å². The molecule has 0 bridgehead atoms. The molecule has 1 aliphatic heterocycles. The van der Waals surface area contributed by atoms with E-state index in [4.69, 9.17) is 28.6 Å². The molecule has 190 valence electrons. The highest BCUT2D eigenvalue weighted by Crippen LogP contribution is 2.33. The molecule has 0 spiro atoms. The minimum Gasteiger partial charge on any atom is -0.462 e. The van der Waals surface area contributed by atoms with Crippen molar-refractivity contribution >= 4 is 69.4 Å². The predicted molar refractivity (Wildman–Crippen MR) is 150 cm³/mol. The maximum Gasteiger partial charge on any atom is 0.338 e. The molecule has 0 radical (unpaired) electrons.